The van der Waals surface area contributed by atoms with Gasteiger partial charge < -0.3 is 14.6 Å². The summed E-state index contributed by atoms with van der Waals surface area (Å²) in [4.78, 5) is 0. The highest BCUT2D eigenvalue weighted by atomic mass is 16.5. The zero-order chi connectivity index (χ0) is 16.9. The summed E-state index contributed by atoms with van der Waals surface area (Å²) in [6.07, 6.45) is 9.21. The fourth-order valence-electron chi connectivity index (χ4n) is 3.32. The molecule has 0 heterocycles. The minimum Gasteiger partial charge on any atom is -0.504 e. The largest absolute Gasteiger partial charge is 0.504 e. The molecule has 1 aliphatic rings. The minimum absolute atomic E-state index is 0.0723. The Labute approximate surface area is 140 Å². The van der Waals surface area contributed by atoms with Gasteiger partial charge >= 0.3 is 0 Å². The van der Waals surface area contributed by atoms with E-state index in [0.717, 1.165) is 11.5 Å². The van der Waals surface area contributed by atoms with Crippen LogP contribution in [0.3, 0.4) is 0 Å². The molecule has 1 aliphatic carbocycles. The second kappa shape index (κ2) is 7.87. The van der Waals surface area contributed by atoms with Gasteiger partial charge in [-0.25, -0.2) is 0 Å². The lowest BCUT2D eigenvalue weighted by Gasteiger charge is -2.38. The van der Waals surface area contributed by atoms with Gasteiger partial charge in [-0.05, 0) is 56.2 Å². The number of phenols is 1. The van der Waals surface area contributed by atoms with Crippen LogP contribution >= 0.6 is 0 Å². The Kier molecular flexibility index (Phi) is 6.11. The molecule has 0 bridgehead atoms. The van der Waals surface area contributed by atoms with Crippen LogP contribution in [-0.4, -0.2) is 24.4 Å². The van der Waals surface area contributed by atoms with Gasteiger partial charge in [0.25, 0.3) is 0 Å². The molecule has 0 amide bonds. The van der Waals surface area contributed by atoms with E-state index in [1.807, 2.05) is 24.3 Å². The van der Waals surface area contributed by atoms with Crippen molar-refractivity contribution in [1.29, 1.82) is 0 Å². The minimum atomic E-state index is -0.0723. The maximum atomic E-state index is 9.60. The summed E-state index contributed by atoms with van der Waals surface area (Å²) in [6, 6.07) is 5.33. The molecule has 3 nitrogen and oxygen atoms in total. The van der Waals surface area contributed by atoms with Crippen LogP contribution in [0.4, 0.5) is 0 Å². The van der Waals surface area contributed by atoms with E-state index in [-0.39, 0.29) is 11.4 Å². The van der Waals surface area contributed by atoms with Gasteiger partial charge in [-0.3, -0.25) is 0 Å². The second-order valence-corrected chi connectivity index (χ2v) is 7.20. The maximum absolute atomic E-state index is 9.60. The summed E-state index contributed by atoms with van der Waals surface area (Å²) in [6.45, 7) is 7.37. The molecule has 1 N–H and O–H groups in total. The van der Waals surface area contributed by atoms with Crippen LogP contribution in [-0.2, 0) is 4.74 Å². The van der Waals surface area contributed by atoms with E-state index in [1.165, 1.54) is 25.7 Å². The smallest absolute Gasteiger partial charge is 0.161 e. The Hall–Kier alpha value is -1.48. The van der Waals surface area contributed by atoms with Crippen LogP contribution in [0.1, 0.15) is 52.0 Å². The van der Waals surface area contributed by atoms with Crippen LogP contribution in [0.5, 0.6) is 11.5 Å². The second-order valence-electron chi connectivity index (χ2n) is 7.20. The average molecular weight is 318 g/mol. The Morgan fingerprint density at radius 2 is 1.91 bits per heavy atom. The highest BCUT2D eigenvalue weighted by Crippen LogP contribution is 2.37. The zero-order valence-electron chi connectivity index (χ0n) is 14.8. The molecular formula is C20H30O3. The Balaban J connectivity index is 1.86. The number of hydrogen-bond donors (Lipinski definition) is 1. The molecule has 0 aliphatic heterocycles. The number of aromatic hydroxyl groups is 1. The van der Waals surface area contributed by atoms with E-state index in [9.17, 15) is 5.11 Å². The SMILES string of the molecule is COc1cc(/C=C/COC(C)(C)C2CCC(C)CC2)ccc1O. The normalized spacial score (nSPS) is 22.4. The lowest BCUT2D eigenvalue weighted by atomic mass is 9.75. The van der Waals surface area contributed by atoms with Gasteiger partial charge in [-0.2, -0.15) is 0 Å². The van der Waals surface area contributed by atoms with Crippen molar-refractivity contribution in [3.05, 3.63) is 29.8 Å². The first-order valence-corrected chi connectivity index (χ1v) is 8.60. The summed E-state index contributed by atoms with van der Waals surface area (Å²) in [7, 11) is 1.55. The summed E-state index contributed by atoms with van der Waals surface area (Å²) in [5, 5.41) is 9.60. The highest BCUT2D eigenvalue weighted by Gasteiger charge is 2.32. The van der Waals surface area contributed by atoms with Crippen LogP contribution in [0.15, 0.2) is 24.3 Å². The summed E-state index contributed by atoms with van der Waals surface area (Å²) < 4.78 is 11.3. The van der Waals surface area contributed by atoms with Gasteiger partial charge in [0, 0.05) is 0 Å². The third-order valence-corrected chi connectivity index (χ3v) is 5.06. The Bertz CT molecular complexity index is 526. The number of methoxy groups -OCH3 is 1. The molecule has 1 fully saturated rings. The fraction of sp³-hybridized carbons (Fsp3) is 0.600. The molecule has 0 unspecified atom stereocenters. The van der Waals surface area contributed by atoms with E-state index in [1.54, 1.807) is 13.2 Å². The molecule has 0 aromatic heterocycles. The first-order chi connectivity index (χ1) is 10.9. The Morgan fingerprint density at radius 3 is 2.57 bits per heavy atom. The van der Waals surface area contributed by atoms with E-state index in [4.69, 9.17) is 9.47 Å². The quantitative estimate of drug-likeness (QED) is 0.799. The topological polar surface area (TPSA) is 38.7 Å². The fourth-order valence-corrected chi connectivity index (χ4v) is 3.32. The van der Waals surface area contributed by atoms with Crippen molar-refractivity contribution in [2.75, 3.05) is 13.7 Å². The molecule has 128 valence electrons. The lowest BCUT2D eigenvalue weighted by molar-refractivity contribution is -0.0607. The maximum Gasteiger partial charge on any atom is 0.161 e. The van der Waals surface area contributed by atoms with Gasteiger partial charge in [0.15, 0.2) is 11.5 Å². The highest BCUT2D eigenvalue weighted by molar-refractivity contribution is 5.55. The standard InChI is InChI=1S/C20H30O3/c1-15-7-10-17(11-8-15)20(2,3)23-13-5-6-16-9-12-18(21)19(14-16)22-4/h5-6,9,12,14-15,17,21H,7-8,10-11,13H2,1-4H3/b6-5+. The van der Waals surface area contributed by atoms with Gasteiger partial charge in [0.1, 0.15) is 0 Å². The first kappa shape index (κ1) is 17.9. The van der Waals surface area contributed by atoms with Crippen LogP contribution in [0.2, 0.25) is 0 Å². The summed E-state index contributed by atoms with van der Waals surface area (Å²) >= 11 is 0. The van der Waals surface area contributed by atoms with Crippen molar-refractivity contribution >= 4 is 6.08 Å². The van der Waals surface area contributed by atoms with Gasteiger partial charge in [-0.1, -0.05) is 38.0 Å². The monoisotopic (exact) mass is 318 g/mol. The lowest BCUT2D eigenvalue weighted by Crippen LogP contribution is -2.36. The summed E-state index contributed by atoms with van der Waals surface area (Å²) in [5.74, 6) is 2.17. The van der Waals surface area contributed by atoms with Crippen molar-refractivity contribution < 1.29 is 14.6 Å². The zero-order valence-corrected chi connectivity index (χ0v) is 14.8. The number of ether oxygens (including phenoxy) is 2. The molecule has 0 saturated heterocycles. The third-order valence-electron chi connectivity index (χ3n) is 5.06. The van der Waals surface area contributed by atoms with Crippen molar-refractivity contribution in [1.82, 2.24) is 0 Å². The predicted molar refractivity (Wildman–Crippen MR) is 94.8 cm³/mol. The third kappa shape index (κ3) is 5.00. The molecule has 3 heteroatoms. The first-order valence-electron chi connectivity index (χ1n) is 8.60. The number of benzene rings is 1. The number of rotatable bonds is 6. The number of phenolic OH excluding ortho intramolecular Hbond substituents is 1. The Morgan fingerprint density at radius 1 is 1.22 bits per heavy atom. The molecule has 1 aromatic carbocycles. The molecule has 1 saturated carbocycles. The van der Waals surface area contributed by atoms with Crippen molar-refractivity contribution in [3.8, 4) is 11.5 Å². The van der Waals surface area contributed by atoms with Gasteiger partial charge in [0.05, 0.1) is 19.3 Å². The average Bonchev–Trinajstić information content (AvgIpc) is 2.53. The van der Waals surface area contributed by atoms with E-state index < -0.39 is 0 Å². The molecular weight excluding hydrogens is 288 g/mol. The van der Waals surface area contributed by atoms with E-state index in [2.05, 4.69) is 20.8 Å². The van der Waals surface area contributed by atoms with E-state index >= 15 is 0 Å². The molecule has 2 rings (SSSR count). The van der Waals surface area contributed by atoms with Crippen molar-refractivity contribution in [3.63, 3.8) is 0 Å². The summed E-state index contributed by atoms with van der Waals surface area (Å²) in [5.41, 5.74) is 0.921. The van der Waals surface area contributed by atoms with Crippen LogP contribution in [0, 0.1) is 11.8 Å². The number of hydrogen-bond acceptors (Lipinski definition) is 3. The predicted octanol–water partition coefficient (Wildman–Crippen LogP) is 5.04. The van der Waals surface area contributed by atoms with Gasteiger partial charge in [0.2, 0.25) is 0 Å². The molecule has 23 heavy (non-hydrogen) atoms. The van der Waals surface area contributed by atoms with Crippen LogP contribution in [0.25, 0.3) is 6.08 Å². The van der Waals surface area contributed by atoms with Crippen molar-refractivity contribution in [2.45, 2.75) is 52.1 Å². The molecule has 0 spiro atoms. The van der Waals surface area contributed by atoms with Gasteiger partial charge in [-0.15, -0.1) is 0 Å². The molecule has 1 aromatic rings. The molecule has 0 atom stereocenters. The van der Waals surface area contributed by atoms with Crippen LogP contribution < -0.4 is 4.74 Å². The van der Waals surface area contributed by atoms with Crippen molar-refractivity contribution in [2.24, 2.45) is 11.8 Å². The molecule has 0 radical (unpaired) electrons. The van der Waals surface area contributed by atoms with E-state index in [0.29, 0.717) is 18.3 Å².